The summed E-state index contributed by atoms with van der Waals surface area (Å²) in [5, 5.41) is 25.9. The van der Waals surface area contributed by atoms with Gasteiger partial charge in [-0.15, -0.1) is 5.10 Å². The number of nitriles is 1. The number of benzene rings is 3. The van der Waals surface area contributed by atoms with Crippen LogP contribution >= 0.6 is 0 Å². The predicted octanol–water partition coefficient (Wildman–Crippen LogP) is 7.08. The van der Waals surface area contributed by atoms with Crippen molar-refractivity contribution < 1.29 is 8.78 Å². The molecule has 9 heteroatoms. The molecule has 0 radical (unpaired) electrons. The normalized spacial score (nSPS) is 14.4. The fraction of sp³-hybridized carbons (Fsp3) is 0.226. The first kappa shape index (κ1) is 25.4. The molecule has 7 nitrogen and oxygen atoms in total. The van der Waals surface area contributed by atoms with Crippen LogP contribution in [0.1, 0.15) is 66.7 Å². The maximum Gasteiger partial charge on any atom is 0.151 e. The van der Waals surface area contributed by atoms with Gasteiger partial charge in [-0.25, -0.2) is 13.5 Å². The van der Waals surface area contributed by atoms with Gasteiger partial charge in [0.05, 0.1) is 35.6 Å². The number of hydrogen-bond acceptors (Lipinski definition) is 6. The Morgan fingerprint density at radius 3 is 2.50 bits per heavy atom. The number of nitrogens with zero attached hydrogens (tertiary/aromatic N) is 5. The Morgan fingerprint density at radius 2 is 1.80 bits per heavy atom. The molecule has 1 aliphatic carbocycles. The maximum atomic E-state index is 15.5. The highest BCUT2D eigenvalue weighted by molar-refractivity contribution is 5.96. The summed E-state index contributed by atoms with van der Waals surface area (Å²) in [6.45, 7) is 2.05. The summed E-state index contributed by atoms with van der Waals surface area (Å²) in [7, 11) is 0. The maximum absolute atomic E-state index is 15.5. The van der Waals surface area contributed by atoms with Gasteiger partial charge in [0.2, 0.25) is 0 Å². The third-order valence-corrected chi connectivity index (χ3v) is 7.23. The Labute approximate surface area is 230 Å². The van der Waals surface area contributed by atoms with E-state index in [4.69, 9.17) is 0 Å². The summed E-state index contributed by atoms with van der Waals surface area (Å²) in [4.78, 5) is 4.26. The standard InChI is InChI=1S/C31H27F2N7/c1-2-27(19-6-4-3-5-7-19)37-29-21(16-34)17-35-31-25(29)14-23(15-26(31)33)36-30(20-8-10-22(32)11-9-20)28-18-40(39-38-28)24-12-13-24/h3-11,14-15,17-18,24,27,30,36H,2,12-13H2,1H3,(H,35,37)/t27-,30?/m1/s1. The molecule has 0 bridgehead atoms. The van der Waals surface area contributed by atoms with Crippen LogP contribution in [-0.2, 0) is 0 Å². The van der Waals surface area contributed by atoms with E-state index in [0.29, 0.717) is 34.1 Å². The average molecular weight is 536 g/mol. The van der Waals surface area contributed by atoms with E-state index >= 15 is 4.39 Å². The number of pyridine rings is 1. The third-order valence-electron chi connectivity index (χ3n) is 7.23. The number of nitrogens with one attached hydrogen (secondary N) is 2. The van der Waals surface area contributed by atoms with Crippen molar-refractivity contribution in [2.45, 2.75) is 44.3 Å². The van der Waals surface area contributed by atoms with Gasteiger partial charge in [0.1, 0.15) is 23.1 Å². The van der Waals surface area contributed by atoms with Crippen LogP contribution in [-0.4, -0.2) is 20.0 Å². The fourth-order valence-corrected chi connectivity index (χ4v) is 4.95. The summed E-state index contributed by atoms with van der Waals surface area (Å²) in [5.41, 5.74) is 3.91. The van der Waals surface area contributed by atoms with Crippen LogP contribution in [0.25, 0.3) is 10.9 Å². The molecule has 1 aliphatic rings. The zero-order valence-corrected chi connectivity index (χ0v) is 21.9. The summed E-state index contributed by atoms with van der Waals surface area (Å²) < 4.78 is 31.1. The van der Waals surface area contributed by atoms with Crippen LogP contribution in [0.15, 0.2) is 79.1 Å². The Morgan fingerprint density at radius 1 is 1.02 bits per heavy atom. The number of aromatic nitrogens is 4. The topological polar surface area (TPSA) is 91.5 Å². The number of fused-ring (bicyclic) bond motifs is 1. The van der Waals surface area contributed by atoms with Crippen molar-refractivity contribution >= 4 is 22.3 Å². The van der Waals surface area contributed by atoms with Crippen molar-refractivity contribution in [3.63, 3.8) is 0 Å². The van der Waals surface area contributed by atoms with Crippen LogP contribution in [0.3, 0.4) is 0 Å². The van der Waals surface area contributed by atoms with Crippen molar-refractivity contribution in [2.75, 3.05) is 10.6 Å². The van der Waals surface area contributed by atoms with Crippen LogP contribution < -0.4 is 10.6 Å². The summed E-state index contributed by atoms with van der Waals surface area (Å²) in [5.74, 6) is -0.879. The van der Waals surface area contributed by atoms with Gasteiger partial charge in [0.15, 0.2) is 5.82 Å². The monoisotopic (exact) mass is 535 g/mol. The van der Waals surface area contributed by atoms with Crippen LogP contribution in [0.5, 0.6) is 0 Å². The van der Waals surface area contributed by atoms with E-state index in [1.165, 1.54) is 24.4 Å². The first-order valence-corrected chi connectivity index (χ1v) is 13.3. The summed E-state index contributed by atoms with van der Waals surface area (Å²) >= 11 is 0. The van der Waals surface area contributed by atoms with Gasteiger partial charge in [-0.05, 0) is 54.7 Å². The molecule has 0 amide bonds. The second-order valence-corrected chi connectivity index (χ2v) is 10.0. The van der Waals surface area contributed by atoms with E-state index in [9.17, 15) is 9.65 Å². The van der Waals surface area contributed by atoms with Gasteiger partial charge < -0.3 is 10.6 Å². The van der Waals surface area contributed by atoms with E-state index in [0.717, 1.165) is 30.4 Å². The Bertz CT molecular complexity index is 1690. The lowest BCUT2D eigenvalue weighted by Gasteiger charge is -2.22. The van der Waals surface area contributed by atoms with Gasteiger partial charge in [-0.1, -0.05) is 54.6 Å². The van der Waals surface area contributed by atoms with Crippen LogP contribution in [0.2, 0.25) is 0 Å². The van der Waals surface area contributed by atoms with Gasteiger partial charge in [-0.2, -0.15) is 5.26 Å². The quantitative estimate of drug-likeness (QED) is 0.210. The van der Waals surface area contributed by atoms with E-state index in [2.05, 4.69) is 38.9 Å². The lowest BCUT2D eigenvalue weighted by molar-refractivity contribution is 0.610. The number of hydrogen-bond donors (Lipinski definition) is 2. The van der Waals surface area contributed by atoms with E-state index in [1.54, 1.807) is 18.2 Å². The molecule has 6 rings (SSSR count). The second-order valence-electron chi connectivity index (χ2n) is 10.0. The van der Waals surface area contributed by atoms with Crippen molar-refractivity contribution in [3.05, 3.63) is 113 Å². The lowest BCUT2D eigenvalue weighted by Crippen LogP contribution is -2.14. The summed E-state index contributed by atoms with van der Waals surface area (Å²) in [6, 6.07) is 21.1. The van der Waals surface area contributed by atoms with Gasteiger partial charge in [0, 0.05) is 17.3 Å². The molecule has 2 atom stereocenters. The molecule has 0 saturated heterocycles. The predicted molar refractivity (Wildman–Crippen MR) is 150 cm³/mol. The zero-order valence-electron chi connectivity index (χ0n) is 21.9. The molecular weight excluding hydrogens is 508 g/mol. The number of anilines is 2. The Hall–Kier alpha value is -4.84. The molecular formula is C31H27F2N7. The summed E-state index contributed by atoms with van der Waals surface area (Å²) in [6.07, 6.45) is 6.14. The fourth-order valence-electron chi connectivity index (χ4n) is 4.95. The average Bonchev–Trinajstić information content (AvgIpc) is 3.72. The third kappa shape index (κ3) is 5.08. The molecule has 3 aromatic carbocycles. The molecule has 40 heavy (non-hydrogen) atoms. The van der Waals surface area contributed by atoms with Crippen molar-refractivity contribution in [2.24, 2.45) is 0 Å². The molecule has 0 spiro atoms. The van der Waals surface area contributed by atoms with Crippen LogP contribution in [0, 0.1) is 23.0 Å². The molecule has 5 aromatic rings. The Kier molecular flexibility index (Phi) is 6.83. The minimum absolute atomic E-state index is 0.0944. The van der Waals surface area contributed by atoms with Crippen LogP contribution in [0.4, 0.5) is 20.2 Å². The first-order valence-electron chi connectivity index (χ1n) is 13.3. The molecule has 2 heterocycles. The van der Waals surface area contributed by atoms with E-state index < -0.39 is 11.9 Å². The highest BCUT2D eigenvalue weighted by Crippen LogP contribution is 2.37. The molecule has 200 valence electrons. The molecule has 2 aromatic heterocycles. The minimum Gasteiger partial charge on any atom is -0.377 e. The van der Waals surface area contributed by atoms with Crippen molar-refractivity contribution in [3.8, 4) is 6.07 Å². The van der Waals surface area contributed by atoms with Crippen molar-refractivity contribution in [1.29, 1.82) is 5.26 Å². The second kappa shape index (κ2) is 10.7. The highest BCUT2D eigenvalue weighted by atomic mass is 19.1. The number of rotatable bonds is 9. The SMILES string of the molecule is CC[C@@H](Nc1c(C#N)cnc2c(F)cc(NC(c3ccc(F)cc3)c3cn(C4CC4)nn3)cc12)c1ccccc1. The lowest BCUT2D eigenvalue weighted by atomic mass is 10.0. The smallest absolute Gasteiger partial charge is 0.151 e. The van der Waals surface area contributed by atoms with E-state index in [1.807, 2.05) is 41.2 Å². The van der Waals surface area contributed by atoms with Gasteiger partial charge in [0.25, 0.3) is 0 Å². The first-order chi connectivity index (χ1) is 19.5. The zero-order chi connectivity index (χ0) is 27.6. The highest BCUT2D eigenvalue weighted by Gasteiger charge is 2.27. The molecule has 1 saturated carbocycles. The van der Waals surface area contributed by atoms with Gasteiger partial charge >= 0.3 is 0 Å². The van der Waals surface area contributed by atoms with E-state index in [-0.39, 0.29) is 17.4 Å². The molecule has 1 fully saturated rings. The molecule has 2 N–H and O–H groups in total. The molecule has 1 unspecified atom stereocenters. The minimum atomic E-state index is -0.528. The largest absolute Gasteiger partial charge is 0.377 e. The Balaban J connectivity index is 1.42. The van der Waals surface area contributed by atoms with Crippen molar-refractivity contribution in [1.82, 2.24) is 20.0 Å². The number of halogens is 2. The molecule has 0 aliphatic heterocycles. The van der Waals surface area contributed by atoms with Gasteiger partial charge in [-0.3, -0.25) is 4.98 Å².